The minimum atomic E-state index is -0.486. The molecule has 0 bridgehead atoms. The van der Waals surface area contributed by atoms with Crippen molar-refractivity contribution in [1.29, 1.82) is 0 Å². The minimum absolute atomic E-state index is 0.0997. The summed E-state index contributed by atoms with van der Waals surface area (Å²) >= 11 is 0. The third kappa shape index (κ3) is 3.56. The Bertz CT molecular complexity index is 274. The Labute approximate surface area is 105 Å². The molecule has 1 N–H and O–H groups in total. The summed E-state index contributed by atoms with van der Waals surface area (Å²) in [6, 6.07) is 0. The van der Waals surface area contributed by atoms with E-state index in [2.05, 4.69) is 25.7 Å². The van der Waals surface area contributed by atoms with E-state index in [0.29, 0.717) is 18.6 Å². The van der Waals surface area contributed by atoms with Gasteiger partial charge in [0.1, 0.15) is 5.54 Å². The van der Waals surface area contributed by atoms with E-state index < -0.39 is 5.54 Å². The molecule has 1 fully saturated rings. The van der Waals surface area contributed by atoms with Gasteiger partial charge < -0.3 is 4.74 Å². The van der Waals surface area contributed by atoms with Crippen molar-refractivity contribution < 1.29 is 9.53 Å². The summed E-state index contributed by atoms with van der Waals surface area (Å²) in [5.74, 6) is -0.0997. The van der Waals surface area contributed by atoms with E-state index in [4.69, 9.17) is 4.74 Å². The molecule has 0 unspecified atom stereocenters. The molecule has 0 aromatic heterocycles. The lowest BCUT2D eigenvalue weighted by molar-refractivity contribution is -0.153. The lowest BCUT2D eigenvalue weighted by atomic mass is 9.69. The summed E-state index contributed by atoms with van der Waals surface area (Å²) in [7, 11) is 0. The molecule has 3 heteroatoms. The average molecular weight is 239 g/mol. The van der Waals surface area contributed by atoms with E-state index >= 15 is 0 Å². The van der Waals surface area contributed by atoms with Gasteiger partial charge in [-0.15, -0.1) is 6.58 Å². The first-order valence-corrected chi connectivity index (χ1v) is 6.49. The van der Waals surface area contributed by atoms with Crippen molar-refractivity contribution in [3.05, 3.63) is 12.7 Å². The largest absolute Gasteiger partial charge is 0.465 e. The molecule has 0 aliphatic heterocycles. The number of rotatable bonds is 5. The molecule has 1 rings (SSSR count). The second kappa shape index (κ2) is 5.67. The van der Waals surface area contributed by atoms with Crippen LogP contribution >= 0.6 is 0 Å². The zero-order chi connectivity index (χ0) is 12.9. The normalized spacial score (nSPS) is 21.8. The SMILES string of the molecule is C=CCNC1(C(=O)OCC)CCC(C)(C)CC1. The smallest absolute Gasteiger partial charge is 0.326 e. The monoisotopic (exact) mass is 239 g/mol. The van der Waals surface area contributed by atoms with E-state index in [-0.39, 0.29) is 5.97 Å². The molecule has 0 amide bonds. The number of carbonyl (C=O) groups excluding carboxylic acids is 1. The van der Waals surface area contributed by atoms with Gasteiger partial charge in [0.25, 0.3) is 0 Å². The zero-order valence-electron chi connectivity index (χ0n) is 11.3. The molecular formula is C14H25NO2. The Hall–Kier alpha value is -0.830. The molecule has 1 aliphatic rings. The van der Waals surface area contributed by atoms with Crippen molar-refractivity contribution in [2.24, 2.45) is 5.41 Å². The van der Waals surface area contributed by atoms with Crippen molar-refractivity contribution in [2.75, 3.05) is 13.2 Å². The van der Waals surface area contributed by atoms with Gasteiger partial charge in [0.2, 0.25) is 0 Å². The van der Waals surface area contributed by atoms with Gasteiger partial charge in [-0.05, 0) is 38.0 Å². The fourth-order valence-electron chi connectivity index (χ4n) is 2.34. The number of hydrogen-bond acceptors (Lipinski definition) is 3. The van der Waals surface area contributed by atoms with Crippen LogP contribution in [0.25, 0.3) is 0 Å². The van der Waals surface area contributed by atoms with Gasteiger partial charge in [-0.2, -0.15) is 0 Å². The molecule has 0 atom stereocenters. The molecule has 98 valence electrons. The van der Waals surface area contributed by atoms with Gasteiger partial charge >= 0.3 is 5.97 Å². The van der Waals surface area contributed by atoms with Gasteiger partial charge in [-0.1, -0.05) is 19.9 Å². The molecule has 3 nitrogen and oxygen atoms in total. The maximum absolute atomic E-state index is 12.1. The standard InChI is InChI=1S/C14H25NO2/c1-5-11-15-14(12(16)17-6-2)9-7-13(3,4)8-10-14/h5,15H,1,6-11H2,2-4H3. The number of carbonyl (C=O) groups is 1. The highest BCUT2D eigenvalue weighted by Crippen LogP contribution is 2.40. The second-order valence-electron chi connectivity index (χ2n) is 5.64. The lowest BCUT2D eigenvalue weighted by Gasteiger charge is -2.42. The molecule has 0 aromatic carbocycles. The van der Waals surface area contributed by atoms with E-state index in [1.165, 1.54) is 0 Å². The fraction of sp³-hybridized carbons (Fsp3) is 0.786. The molecule has 0 spiro atoms. The Morgan fingerprint density at radius 2 is 1.94 bits per heavy atom. The van der Waals surface area contributed by atoms with Crippen molar-refractivity contribution in [2.45, 2.75) is 52.0 Å². The molecule has 0 saturated heterocycles. The number of hydrogen-bond donors (Lipinski definition) is 1. The maximum Gasteiger partial charge on any atom is 0.326 e. The molecule has 17 heavy (non-hydrogen) atoms. The van der Waals surface area contributed by atoms with Gasteiger partial charge in [0.15, 0.2) is 0 Å². The highest BCUT2D eigenvalue weighted by molar-refractivity contribution is 5.81. The van der Waals surface area contributed by atoms with Gasteiger partial charge in [-0.25, -0.2) is 0 Å². The molecule has 1 saturated carbocycles. The molecular weight excluding hydrogens is 214 g/mol. The molecule has 1 aliphatic carbocycles. The predicted octanol–water partition coefficient (Wildman–Crippen LogP) is 2.66. The van der Waals surface area contributed by atoms with Crippen LogP contribution in [0.5, 0.6) is 0 Å². The second-order valence-corrected chi connectivity index (χ2v) is 5.64. The van der Waals surface area contributed by atoms with E-state index in [0.717, 1.165) is 25.7 Å². The van der Waals surface area contributed by atoms with Gasteiger partial charge in [-0.3, -0.25) is 10.1 Å². The summed E-state index contributed by atoms with van der Waals surface area (Å²) < 4.78 is 5.21. The van der Waals surface area contributed by atoms with Crippen LogP contribution < -0.4 is 5.32 Å². The van der Waals surface area contributed by atoms with Crippen LogP contribution in [0.3, 0.4) is 0 Å². The first-order chi connectivity index (χ1) is 7.96. The van der Waals surface area contributed by atoms with Crippen molar-refractivity contribution in [1.82, 2.24) is 5.32 Å². The topological polar surface area (TPSA) is 38.3 Å². The van der Waals surface area contributed by atoms with E-state index in [1.807, 2.05) is 6.92 Å². The molecule has 0 heterocycles. The van der Waals surface area contributed by atoms with E-state index in [9.17, 15) is 4.79 Å². The maximum atomic E-state index is 12.1. The third-order valence-electron chi connectivity index (χ3n) is 3.71. The third-order valence-corrected chi connectivity index (χ3v) is 3.71. The van der Waals surface area contributed by atoms with Crippen molar-refractivity contribution in [3.63, 3.8) is 0 Å². The zero-order valence-corrected chi connectivity index (χ0v) is 11.3. The molecule has 0 aromatic rings. The minimum Gasteiger partial charge on any atom is -0.465 e. The van der Waals surface area contributed by atoms with Crippen LogP contribution in [-0.4, -0.2) is 24.7 Å². The van der Waals surface area contributed by atoms with Gasteiger partial charge in [0, 0.05) is 6.54 Å². The Balaban J connectivity index is 2.74. The highest BCUT2D eigenvalue weighted by atomic mass is 16.5. The van der Waals surface area contributed by atoms with Crippen molar-refractivity contribution in [3.8, 4) is 0 Å². The quantitative estimate of drug-likeness (QED) is 0.592. The summed E-state index contributed by atoms with van der Waals surface area (Å²) in [4.78, 5) is 12.1. The number of ether oxygens (including phenoxy) is 1. The average Bonchev–Trinajstić information content (AvgIpc) is 2.29. The Kier molecular flexibility index (Phi) is 4.75. The van der Waals surface area contributed by atoms with Crippen LogP contribution in [0, 0.1) is 5.41 Å². The predicted molar refractivity (Wildman–Crippen MR) is 69.8 cm³/mol. The summed E-state index contributed by atoms with van der Waals surface area (Å²) in [6.07, 6.45) is 5.60. The van der Waals surface area contributed by atoms with Crippen LogP contribution in [0.15, 0.2) is 12.7 Å². The fourth-order valence-corrected chi connectivity index (χ4v) is 2.34. The van der Waals surface area contributed by atoms with E-state index in [1.54, 1.807) is 6.08 Å². The summed E-state index contributed by atoms with van der Waals surface area (Å²) in [6.45, 7) is 11.2. The van der Waals surface area contributed by atoms with Crippen LogP contribution in [-0.2, 0) is 9.53 Å². The van der Waals surface area contributed by atoms with Crippen molar-refractivity contribution >= 4 is 5.97 Å². The number of esters is 1. The molecule has 0 radical (unpaired) electrons. The Morgan fingerprint density at radius 1 is 1.35 bits per heavy atom. The van der Waals surface area contributed by atoms with Crippen LogP contribution in [0.4, 0.5) is 0 Å². The first kappa shape index (κ1) is 14.2. The summed E-state index contributed by atoms with van der Waals surface area (Å²) in [5, 5.41) is 3.31. The first-order valence-electron chi connectivity index (χ1n) is 6.49. The van der Waals surface area contributed by atoms with Gasteiger partial charge in [0.05, 0.1) is 6.61 Å². The lowest BCUT2D eigenvalue weighted by Crippen LogP contribution is -2.55. The van der Waals surface area contributed by atoms with Crippen LogP contribution in [0.2, 0.25) is 0 Å². The van der Waals surface area contributed by atoms with Crippen LogP contribution in [0.1, 0.15) is 46.5 Å². The number of nitrogens with one attached hydrogen (secondary N) is 1. The highest BCUT2D eigenvalue weighted by Gasteiger charge is 2.44. The summed E-state index contributed by atoms with van der Waals surface area (Å²) in [5.41, 5.74) is -0.147. The Morgan fingerprint density at radius 3 is 2.41 bits per heavy atom.